The maximum absolute atomic E-state index is 13.1. The van der Waals surface area contributed by atoms with Crippen LogP contribution >= 0.6 is 15.9 Å². The van der Waals surface area contributed by atoms with E-state index in [9.17, 15) is 17.6 Å². The Bertz CT molecular complexity index is 673. The second kappa shape index (κ2) is 6.64. The van der Waals surface area contributed by atoms with Crippen LogP contribution in [0.5, 0.6) is 0 Å². The average Bonchev–Trinajstić information content (AvgIpc) is 2.46. The topological polar surface area (TPSA) is 57.7 Å². The second-order valence-electron chi connectivity index (χ2n) is 5.34. The standard InChI is InChI=1S/C14H18BrFN2O3S/c1-10(19)17(2)12-5-7-18(8-6-12)22(20,21)14-4-3-11(16)9-13(14)15/h3-4,9,12H,5-8H2,1-2H3. The van der Waals surface area contributed by atoms with Crippen LogP contribution in [-0.2, 0) is 14.8 Å². The second-order valence-corrected chi connectivity index (χ2v) is 8.10. The number of nitrogens with zero attached hydrogens (tertiary/aromatic N) is 2. The molecule has 0 saturated carbocycles. The van der Waals surface area contributed by atoms with Crippen LogP contribution in [0, 0.1) is 5.82 Å². The SMILES string of the molecule is CC(=O)N(C)C1CCN(S(=O)(=O)c2ccc(F)cc2Br)CC1. The Morgan fingerprint density at radius 2 is 1.95 bits per heavy atom. The molecular weight excluding hydrogens is 375 g/mol. The lowest BCUT2D eigenvalue weighted by molar-refractivity contribution is -0.130. The summed E-state index contributed by atoms with van der Waals surface area (Å²) in [7, 11) is -1.93. The first-order chi connectivity index (χ1) is 10.2. The molecule has 1 heterocycles. The minimum Gasteiger partial charge on any atom is -0.343 e. The predicted octanol–water partition coefficient (Wildman–Crippen LogP) is 2.22. The summed E-state index contributed by atoms with van der Waals surface area (Å²) < 4.78 is 40.0. The molecule has 1 amide bonds. The third kappa shape index (κ3) is 3.49. The normalized spacial score (nSPS) is 17.5. The fourth-order valence-electron chi connectivity index (χ4n) is 2.55. The molecule has 1 aliphatic heterocycles. The Morgan fingerprint density at radius 1 is 1.36 bits per heavy atom. The monoisotopic (exact) mass is 392 g/mol. The molecular formula is C14H18BrFN2O3S. The Kier molecular flexibility index (Phi) is 5.24. The minimum atomic E-state index is -3.66. The summed E-state index contributed by atoms with van der Waals surface area (Å²) in [6.45, 7) is 2.18. The van der Waals surface area contributed by atoms with E-state index in [1.165, 1.54) is 17.3 Å². The molecule has 5 nitrogen and oxygen atoms in total. The molecule has 0 spiro atoms. The van der Waals surface area contributed by atoms with Gasteiger partial charge in [-0.1, -0.05) is 0 Å². The number of sulfonamides is 1. The largest absolute Gasteiger partial charge is 0.343 e. The maximum Gasteiger partial charge on any atom is 0.244 e. The van der Waals surface area contributed by atoms with Gasteiger partial charge in [0, 0.05) is 37.6 Å². The zero-order chi connectivity index (χ0) is 16.5. The molecule has 1 saturated heterocycles. The van der Waals surface area contributed by atoms with E-state index in [2.05, 4.69) is 15.9 Å². The number of hydrogen-bond acceptors (Lipinski definition) is 3. The van der Waals surface area contributed by atoms with Gasteiger partial charge in [-0.15, -0.1) is 0 Å². The van der Waals surface area contributed by atoms with Crippen molar-refractivity contribution < 1.29 is 17.6 Å². The van der Waals surface area contributed by atoms with E-state index >= 15 is 0 Å². The lowest BCUT2D eigenvalue weighted by atomic mass is 10.1. The van der Waals surface area contributed by atoms with Gasteiger partial charge in [-0.25, -0.2) is 12.8 Å². The highest BCUT2D eigenvalue weighted by molar-refractivity contribution is 9.10. The highest BCUT2D eigenvalue weighted by atomic mass is 79.9. The van der Waals surface area contributed by atoms with Crippen LogP contribution in [0.15, 0.2) is 27.6 Å². The molecule has 8 heteroatoms. The lowest BCUT2D eigenvalue weighted by Crippen LogP contribution is -2.46. The lowest BCUT2D eigenvalue weighted by Gasteiger charge is -2.35. The van der Waals surface area contributed by atoms with E-state index in [1.807, 2.05) is 0 Å². The third-order valence-electron chi connectivity index (χ3n) is 3.98. The summed E-state index contributed by atoms with van der Waals surface area (Å²) >= 11 is 3.10. The summed E-state index contributed by atoms with van der Waals surface area (Å²) in [5.41, 5.74) is 0. The molecule has 0 radical (unpaired) electrons. The molecule has 22 heavy (non-hydrogen) atoms. The Labute approximate surface area is 138 Å². The van der Waals surface area contributed by atoms with Crippen molar-refractivity contribution in [3.8, 4) is 0 Å². The fraction of sp³-hybridized carbons (Fsp3) is 0.500. The van der Waals surface area contributed by atoms with E-state index < -0.39 is 15.8 Å². The van der Waals surface area contributed by atoms with Crippen LogP contribution in [0.1, 0.15) is 19.8 Å². The molecule has 2 rings (SSSR count). The van der Waals surface area contributed by atoms with Gasteiger partial charge in [0.05, 0.1) is 4.90 Å². The van der Waals surface area contributed by atoms with E-state index in [0.717, 1.165) is 12.1 Å². The van der Waals surface area contributed by atoms with Gasteiger partial charge in [0.1, 0.15) is 5.82 Å². The van der Waals surface area contributed by atoms with Gasteiger partial charge in [0.25, 0.3) is 0 Å². The van der Waals surface area contributed by atoms with Gasteiger partial charge in [-0.3, -0.25) is 4.79 Å². The Hall–Kier alpha value is -0.990. The number of amides is 1. The van der Waals surface area contributed by atoms with Crippen molar-refractivity contribution in [2.24, 2.45) is 0 Å². The highest BCUT2D eigenvalue weighted by Gasteiger charge is 2.32. The first kappa shape index (κ1) is 17.4. The number of carbonyl (C=O) groups is 1. The van der Waals surface area contributed by atoms with Crippen molar-refractivity contribution >= 4 is 31.9 Å². The molecule has 1 aromatic carbocycles. The first-order valence-electron chi connectivity index (χ1n) is 6.92. The molecule has 122 valence electrons. The number of carbonyl (C=O) groups excluding carboxylic acids is 1. The van der Waals surface area contributed by atoms with E-state index in [0.29, 0.717) is 25.9 Å². The van der Waals surface area contributed by atoms with E-state index in [1.54, 1.807) is 11.9 Å². The van der Waals surface area contributed by atoms with Crippen LogP contribution in [0.4, 0.5) is 4.39 Å². The smallest absolute Gasteiger partial charge is 0.244 e. The number of hydrogen-bond donors (Lipinski definition) is 0. The van der Waals surface area contributed by atoms with Gasteiger partial charge in [-0.2, -0.15) is 4.31 Å². The molecule has 0 unspecified atom stereocenters. The molecule has 0 N–H and O–H groups in total. The zero-order valence-corrected chi connectivity index (χ0v) is 14.8. The van der Waals surface area contributed by atoms with Crippen LogP contribution in [0.2, 0.25) is 0 Å². The van der Waals surface area contributed by atoms with Crippen LogP contribution in [-0.4, -0.2) is 49.7 Å². The number of halogens is 2. The molecule has 0 aromatic heterocycles. The molecule has 0 bridgehead atoms. The average molecular weight is 393 g/mol. The molecule has 1 aromatic rings. The summed E-state index contributed by atoms with van der Waals surface area (Å²) in [6.07, 6.45) is 1.18. The van der Waals surface area contributed by atoms with Crippen LogP contribution < -0.4 is 0 Å². The van der Waals surface area contributed by atoms with Crippen molar-refractivity contribution in [1.82, 2.24) is 9.21 Å². The summed E-state index contributed by atoms with van der Waals surface area (Å²) in [5, 5.41) is 0. The molecule has 0 atom stereocenters. The van der Waals surface area contributed by atoms with Crippen LogP contribution in [0.3, 0.4) is 0 Å². The first-order valence-corrected chi connectivity index (χ1v) is 9.15. The van der Waals surface area contributed by atoms with Crippen molar-refractivity contribution in [2.45, 2.75) is 30.7 Å². The third-order valence-corrected chi connectivity index (χ3v) is 6.85. The molecule has 1 aliphatic rings. The zero-order valence-electron chi connectivity index (χ0n) is 12.4. The summed E-state index contributed by atoms with van der Waals surface area (Å²) in [5.74, 6) is -0.518. The van der Waals surface area contributed by atoms with Crippen molar-refractivity contribution in [2.75, 3.05) is 20.1 Å². The molecule has 0 aliphatic carbocycles. The van der Waals surface area contributed by atoms with E-state index in [-0.39, 0.29) is 21.3 Å². The van der Waals surface area contributed by atoms with Crippen molar-refractivity contribution in [3.05, 3.63) is 28.5 Å². The summed E-state index contributed by atoms with van der Waals surface area (Å²) in [6, 6.07) is 3.60. The maximum atomic E-state index is 13.1. The number of benzene rings is 1. The Morgan fingerprint density at radius 3 is 2.45 bits per heavy atom. The quantitative estimate of drug-likeness (QED) is 0.792. The van der Waals surface area contributed by atoms with Crippen molar-refractivity contribution in [3.63, 3.8) is 0 Å². The predicted molar refractivity (Wildman–Crippen MR) is 84.3 cm³/mol. The van der Waals surface area contributed by atoms with Gasteiger partial charge in [-0.05, 0) is 47.0 Å². The van der Waals surface area contributed by atoms with Gasteiger partial charge in [0.15, 0.2) is 0 Å². The van der Waals surface area contributed by atoms with Crippen molar-refractivity contribution in [1.29, 1.82) is 0 Å². The number of rotatable bonds is 3. The highest BCUT2D eigenvalue weighted by Crippen LogP contribution is 2.28. The van der Waals surface area contributed by atoms with Crippen LogP contribution in [0.25, 0.3) is 0 Å². The summed E-state index contributed by atoms with van der Waals surface area (Å²) in [4.78, 5) is 13.1. The molecule has 1 fully saturated rings. The van der Waals surface area contributed by atoms with Gasteiger partial charge < -0.3 is 4.90 Å². The van der Waals surface area contributed by atoms with E-state index in [4.69, 9.17) is 0 Å². The fourth-order valence-corrected chi connectivity index (χ4v) is 5.03. The Balaban J connectivity index is 2.14. The van der Waals surface area contributed by atoms with Gasteiger partial charge >= 0.3 is 0 Å². The van der Waals surface area contributed by atoms with Gasteiger partial charge in [0.2, 0.25) is 15.9 Å². The number of piperidine rings is 1. The minimum absolute atomic E-state index is 0.0254.